The lowest BCUT2D eigenvalue weighted by atomic mass is 9.98. The van der Waals surface area contributed by atoms with Crippen LogP contribution < -0.4 is 0 Å². The van der Waals surface area contributed by atoms with Crippen LogP contribution >= 0.6 is 0 Å². The van der Waals surface area contributed by atoms with Crippen molar-refractivity contribution in [3.63, 3.8) is 0 Å². The van der Waals surface area contributed by atoms with Crippen molar-refractivity contribution in [1.29, 1.82) is 0 Å². The van der Waals surface area contributed by atoms with E-state index in [-0.39, 0.29) is 12.2 Å². The molecule has 2 heteroatoms. The van der Waals surface area contributed by atoms with Crippen molar-refractivity contribution in [3.8, 4) is 0 Å². The number of hydrogen-bond donors (Lipinski definition) is 2. The van der Waals surface area contributed by atoms with Crippen LogP contribution in [0, 0.1) is 5.92 Å². The van der Waals surface area contributed by atoms with E-state index in [1.807, 2.05) is 0 Å². The van der Waals surface area contributed by atoms with E-state index in [0.717, 1.165) is 12.8 Å². The van der Waals surface area contributed by atoms with Crippen LogP contribution in [0.25, 0.3) is 0 Å². The molecule has 0 aliphatic heterocycles. The van der Waals surface area contributed by atoms with E-state index < -0.39 is 0 Å². The van der Waals surface area contributed by atoms with E-state index in [9.17, 15) is 5.11 Å². The Kier molecular flexibility index (Phi) is 5.51. The molecule has 0 rings (SSSR count). The lowest BCUT2D eigenvalue weighted by Gasteiger charge is -2.15. The maximum atomic E-state index is 9.36. The smallest absolute Gasteiger partial charge is 0.0567 e. The first-order valence-corrected chi connectivity index (χ1v) is 4.42. The van der Waals surface area contributed by atoms with Crippen LogP contribution in [0.3, 0.4) is 0 Å². The van der Waals surface area contributed by atoms with Crippen LogP contribution in [-0.2, 0) is 0 Å². The first-order chi connectivity index (χ1) is 5.06. The van der Waals surface area contributed by atoms with Crippen molar-refractivity contribution in [2.45, 2.75) is 52.2 Å². The van der Waals surface area contributed by atoms with E-state index in [4.69, 9.17) is 5.11 Å². The van der Waals surface area contributed by atoms with E-state index in [1.54, 1.807) is 6.92 Å². The molecule has 0 bridgehead atoms. The number of aliphatic hydroxyl groups excluding tert-OH is 2. The first-order valence-electron chi connectivity index (χ1n) is 4.42. The third-order valence-corrected chi connectivity index (χ3v) is 1.98. The first kappa shape index (κ1) is 10.9. The molecule has 11 heavy (non-hydrogen) atoms. The van der Waals surface area contributed by atoms with E-state index in [1.165, 1.54) is 0 Å². The maximum Gasteiger partial charge on any atom is 0.0567 e. The van der Waals surface area contributed by atoms with Gasteiger partial charge in [0.1, 0.15) is 0 Å². The third kappa shape index (κ3) is 6.32. The predicted molar refractivity (Wildman–Crippen MR) is 46.4 cm³/mol. The van der Waals surface area contributed by atoms with Crippen LogP contribution in [0.15, 0.2) is 0 Å². The zero-order valence-corrected chi connectivity index (χ0v) is 7.75. The van der Waals surface area contributed by atoms with Crippen molar-refractivity contribution in [1.82, 2.24) is 0 Å². The molecule has 2 N–H and O–H groups in total. The average Bonchev–Trinajstić information content (AvgIpc) is 1.85. The Bertz CT molecular complexity index is 91.6. The molecule has 0 heterocycles. The van der Waals surface area contributed by atoms with E-state index >= 15 is 0 Å². The van der Waals surface area contributed by atoms with Gasteiger partial charge in [-0.2, -0.15) is 0 Å². The second-order valence-electron chi connectivity index (χ2n) is 3.49. The minimum Gasteiger partial charge on any atom is -0.393 e. The standard InChI is InChI=1S/C9H20O2/c1-4-7(2)5-9(11)6-8(3)10/h7-11H,4-6H2,1-3H3. The van der Waals surface area contributed by atoms with Crippen LogP contribution in [0.1, 0.15) is 40.0 Å². The van der Waals surface area contributed by atoms with Crippen molar-refractivity contribution in [2.75, 3.05) is 0 Å². The average molecular weight is 160 g/mol. The second-order valence-corrected chi connectivity index (χ2v) is 3.49. The highest BCUT2D eigenvalue weighted by molar-refractivity contribution is 4.63. The van der Waals surface area contributed by atoms with E-state index in [0.29, 0.717) is 12.3 Å². The maximum absolute atomic E-state index is 9.36. The summed E-state index contributed by atoms with van der Waals surface area (Å²) in [5.41, 5.74) is 0. The lowest BCUT2D eigenvalue weighted by molar-refractivity contribution is 0.0751. The van der Waals surface area contributed by atoms with Gasteiger partial charge in [0.25, 0.3) is 0 Å². The van der Waals surface area contributed by atoms with Gasteiger partial charge in [0.05, 0.1) is 12.2 Å². The Hall–Kier alpha value is -0.0800. The second kappa shape index (κ2) is 5.56. The summed E-state index contributed by atoms with van der Waals surface area (Å²) < 4.78 is 0. The quantitative estimate of drug-likeness (QED) is 0.640. The molecule has 0 aliphatic rings. The van der Waals surface area contributed by atoms with Crippen molar-refractivity contribution in [2.24, 2.45) is 5.92 Å². The topological polar surface area (TPSA) is 40.5 Å². The molecule has 0 fully saturated rings. The highest BCUT2D eigenvalue weighted by atomic mass is 16.3. The molecule has 0 aromatic heterocycles. The monoisotopic (exact) mass is 160 g/mol. The van der Waals surface area contributed by atoms with Crippen LogP contribution in [0.2, 0.25) is 0 Å². The molecule has 0 aromatic rings. The Labute approximate surface area is 69.2 Å². The third-order valence-electron chi connectivity index (χ3n) is 1.98. The highest BCUT2D eigenvalue weighted by Gasteiger charge is 2.10. The van der Waals surface area contributed by atoms with Gasteiger partial charge in [-0.1, -0.05) is 20.3 Å². The molecular formula is C9H20O2. The molecule has 0 amide bonds. The molecule has 0 saturated carbocycles. The number of hydrogen-bond acceptors (Lipinski definition) is 2. The zero-order valence-electron chi connectivity index (χ0n) is 7.75. The Morgan fingerprint density at radius 2 is 1.64 bits per heavy atom. The fraction of sp³-hybridized carbons (Fsp3) is 1.00. The van der Waals surface area contributed by atoms with Crippen LogP contribution in [-0.4, -0.2) is 22.4 Å². The number of rotatable bonds is 5. The highest BCUT2D eigenvalue weighted by Crippen LogP contribution is 2.12. The molecule has 0 spiro atoms. The molecule has 68 valence electrons. The predicted octanol–water partition coefficient (Wildman–Crippen LogP) is 1.55. The molecule has 2 nitrogen and oxygen atoms in total. The van der Waals surface area contributed by atoms with Crippen molar-refractivity contribution in [3.05, 3.63) is 0 Å². The minimum atomic E-state index is -0.381. The minimum absolute atomic E-state index is 0.329. The van der Waals surface area contributed by atoms with Gasteiger partial charge in [0.15, 0.2) is 0 Å². The van der Waals surface area contributed by atoms with Gasteiger partial charge in [-0.15, -0.1) is 0 Å². The summed E-state index contributed by atoms with van der Waals surface area (Å²) in [6, 6.07) is 0. The van der Waals surface area contributed by atoms with Crippen LogP contribution in [0.4, 0.5) is 0 Å². The summed E-state index contributed by atoms with van der Waals surface area (Å²) >= 11 is 0. The van der Waals surface area contributed by atoms with Crippen molar-refractivity contribution < 1.29 is 10.2 Å². The molecular weight excluding hydrogens is 140 g/mol. The van der Waals surface area contributed by atoms with Gasteiger partial charge in [-0.05, 0) is 25.7 Å². The zero-order chi connectivity index (χ0) is 8.85. The Morgan fingerprint density at radius 1 is 1.09 bits per heavy atom. The van der Waals surface area contributed by atoms with Crippen LogP contribution in [0.5, 0.6) is 0 Å². The summed E-state index contributed by atoms with van der Waals surface area (Å²) in [4.78, 5) is 0. The van der Waals surface area contributed by atoms with Gasteiger partial charge < -0.3 is 10.2 Å². The fourth-order valence-electron chi connectivity index (χ4n) is 1.12. The van der Waals surface area contributed by atoms with Gasteiger partial charge in [0, 0.05) is 0 Å². The molecule has 0 aliphatic carbocycles. The number of aliphatic hydroxyl groups is 2. The Morgan fingerprint density at radius 3 is 2.00 bits per heavy atom. The normalized spacial score (nSPS) is 19.4. The molecule has 3 atom stereocenters. The Balaban J connectivity index is 3.43. The summed E-state index contributed by atoms with van der Waals surface area (Å²) in [6.07, 6.45) is 1.70. The SMILES string of the molecule is CCC(C)CC(O)CC(C)O. The molecule has 3 unspecified atom stereocenters. The van der Waals surface area contributed by atoms with Crippen molar-refractivity contribution >= 4 is 0 Å². The van der Waals surface area contributed by atoms with E-state index in [2.05, 4.69) is 13.8 Å². The lowest BCUT2D eigenvalue weighted by Crippen LogP contribution is -2.17. The largest absolute Gasteiger partial charge is 0.393 e. The van der Waals surface area contributed by atoms with Gasteiger partial charge in [-0.3, -0.25) is 0 Å². The molecule has 0 radical (unpaired) electrons. The van der Waals surface area contributed by atoms with Gasteiger partial charge >= 0.3 is 0 Å². The summed E-state index contributed by atoms with van der Waals surface area (Å²) in [5.74, 6) is 0.559. The summed E-state index contributed by atoms with van der Waals surface area (Å²) in [6.45, 7) is 5.94. The van der Waals surface area contributed by atoms with Gasteiger partial charge in [0.2, 0.25) is 0 Å². The molecule has 0 aromatic carbocycles. The fourth-order valence-corrected chi connectivity index (χ4v) is 1.12. The summed E-state index contributed by atoms with van der Waals surface area (Å²) in [5, 5.41) is 18.3. The molecule has 0 saturated heterocycles. The summed E-state index contributed by atoms with van der Waals surface area (Å²) in [7, 11) is 0. The van der Waals surface area contributed by atoms with Gasteiger partial charge in [-0.25, -0.2) is 0 Å².